The lowest BCUT2D eigenvalue weighted by Crippen LogP contribution is -2.46. The fraction of sp³-hybridized carbons (Fsp3) is 0.344. The van der Waals surface area contributed by atoms with Gasteiger partial charge in [0, 0.05) is 43.7 Å². The fourth-order valence-electron chi connectivity index (χ4n) is 5.18. The molecule has 0 spiro atoms. The summed E-state index contributed by atoms with van der Waals surface area (Å²) in [5.41, 5.74) is 2.67. The molecule has 1 saturated heterocycles. The van der Waals surface area contributed by atoms with Gasteiger partial charge in [-0.1, -0.05) is 30.3 Å². The lowest BCUT2D eigenvalue weighted by molar-refractivity contribution is -0.133. The molecule has 9 nitrogen and oxygen atoms in total. The van der Waals surface area contributed by atoms with Crippen LogP contribution in [0.3, 0.4) is 0 Å². The Morgan fingerprint density at radius 3 is 2.43 bits per heavy atom. The molecule has 42 heavy (non-hydrogen) atoms. The van der Waals surface area contributed by atoms with Crippen molar-refractivity contribution in [2.75, 3.05) is 60.2 Å². The summed E-state index contributed by atoms with van der Waals surface area (Å²) in [4.78, 5) is 31.2. The van der Waals surface area contributed by atoms with E-state index in [2.05, 4.69) is 4.90 Å². The van der Waals surface area contributed by atoms with E-state index in [1.165, 1.54) is 28.1 Å². The third kappa shape index (κ3) is 6.95. The summed E-state index contributed by atoms with van der Waals surface area (Å²) in [6.45, 7) is 3.39. The molecule has 0 unspecified atom stereocenters. The van der Waals surface area contributed by atoms with Crippen molar-refractivity contribution in [3.8, 4) is 11.5 Å². The summed E-state index contributed by atoms with van der Waals surface area (Å²) in [6, 6.07) is 20.3. The third-order valence-electron chi connectivity index (χ3n) is 7.54. The first-order valence-corrected chi connectivity index (χ1v) is 14.0. The zero-order valence-corrected chi connectivity index (χ0v) is 23.9. The van der Waals surface area contributed by atoms with Crippen molar-refractivity contribution < 1.29 is 28.2 Å². The molecular formula is C32H35FN4O5. The van der Waals surface area contributed by atoms with Gasteiger partial charge in [-0.25, -0.2) is 9.40 Å². The first-order valence-electron chi connectivity index (χ1n) is 14.0. The van der Waals surface area contributed by atoms with E-state index in [9.17, 15) is 14.0 Å². The number of halogens is 1. The number of rotatable bonds is 10. The lowest BCUT2D eigenvalue weighted by Gasteiger charge is -2.31. The minimum atomic E-state index is -0.507. The molecule has 1 fully saturated rings. The van der Waals surface area contributed by atoms with Gasteiger partial charge in [-0.15, -0.1) is 0 Å². The van der Waals surface area contributed by atoms with Crippen LogP contribution in [0.2, 0.25) is 0 Å². The van der Waals surface area contributed by atoms with Crippen LogP contribution in [0, 0.1) is 5.82 Å². The molecule has 0 radical (unpaired) electrons. The van der Waals surface area contributed by atoms with Crippen molar-refractivity contribution in [1.29, 1.82) is 0 Å². The number of nitrogens with zero attached hydrogens (tertiary/aromatic N) is 4. The molecule has 0 aliphatic carbocycles. The van der Waals surface area contributed by atoms with Crippen LogP contribution < -0.4 is 9.47 Å². The standard InChI is InChI=1S/C32H35FN4O5/c1-40-27-11-9-23(10-12-27)30-21-29(24-5-4-8-28(20-24)41-2)34-37(30)31(38)22-36(14-13-35-15-17-42-18-16-35)32(39)25-6-3-7-26(33)19-25/h3-12,19-20,30H,13-18,21-22H2,1-2H3/t30-/m0/s1. The number of morpholine rings is 1. The highest BCUT2D eigenvalue weighted by Gasteiger charge is 2.35. The van der Waals surface area contributed by atoms with Gasteiger partial charge < -0.3 is 19.1 Å². The van der Waals surface area contributed by atoms with Crippen LogP contribution in [0.1, 0.15) is 33.9 Å². The molecular weight excluding hydrogens is 539 g/mol. The van der Waals surface area contributed by atoms with E-state index in [-0.39, 0.29) is 24.1 Å². The normalized spacial score (nSPS) is 17.1. The van der Waals surface area contributed by atoms with E-state index in [0.717, 1.165) is 29.9 Å². The van der Waals surface area contributed by atoms with Crippen molar-refractivity contribution in [3.63, 3.8) is 0 Å². The summed E-state index contributed by atoms with van der Waals surface area (Å²) in [6.07, 6.45) is 0.483. The molecule has 2 aliphatic heterocycles. The summed E-state index contributed by atoms with van der Waals surface area (Å²) < 4.78 is 30.2. The van der Waals surface area contributed by atoms with Crippen LogP contribution >= 0.6 is 0 Å². The van der Waals surface area contributed by atoms with E-state index >= 15 is 0 Å². The van der Waals surface area contributed by atoms with E-state index in [4.69, 9.17) is 19.3 Å². The number of hydrogen-bond donors (Lipinski definition) is 0. The average Bonchev–Trinajstić information content (AvgIpc) is 3.49. The lowest BCUT2D eigenvalue weighted by atomic mass is 9.98. The van der Waals surface area contributed by atoms with Gasteiger partial charge in [0.05, 0.1) is 39.2 Å². The van der Waals surface area contributed by atoms with Crippen LogP contribution in [-0.2, 0) is 9.53 Å². The summed E-state index contributed by atoms with van der Waals surface area (Å²) >= 11 is 0. The number of ether oxygens (including phenoxy) is 3. The molecule has 3 aromatic carbocycles. The van der Waals surface area contributed by atoms with Crippen LogP contribution in [0.15, 0.2) is 77.9 Å². The number of carbonyl (C=O) groups excluding carboxylic acids is 2. The second kappa shape index (κ2) is 13.6. The highest BCUT2D eigenvalue weighted by molar-refractivity contribution is 6.04. The van der Waals surface area contributed by atoms with E-state index < -0.39 is 11.7 Å². The second-order valence-corrected chi connectivity index (χ2v) is 10.2. The zero-order chi connectivity index (χ0) is 29.5. The maximum absolute atomic E-state index is 14.0. The highest BCUT2D eigenvalue weighted by atomic mass is 19.1. The molecule has 3 aromatic rings. The predicted molar refractivity (Wildman–Crippen MR) is 156 cm³/mol. The molecule has 0 aromatic heterocycles. The topological polar surface area (TPSA) is 83.9 Å². The van der Waals surface area contributed by atoms with Crippen molar-refractivity contribution in [2.24, 2.45) is 5.10 Å². The van der Waals surface area contributed by atoms with E-state index in [1.54, 1.807) is 20.3 Å². The highest BCUT2D eigenvalue weighted by Crippen LogP contribution is 2.34. The second-order valence-electron chi connectivity index (χ2n) is 10.2. The Hall–Kier alpha value is -4.28. The zero-order valence-electron chi connectivity index (χ0n) is 23.9. The Balaban J connectivity index is 1.42. The fourth-order valence-corrected chi connectivity index (χ4v) is 5.18. The number of amides is 2. The Labute approximate surface area is 245 Å². The molecule has 0 saturated carbocycles. The Morgan fingerprint density at radius 2 is 1.71 bits per heavy atom. The van der Waals surface area contributed by atoms with Gasteiger partial charge in [-0.05, 0) is 48.0 Å². The van der Waals surface area contributed by atoms with Gasteiger partial charge in [-0.2, -0.15) is 5.10 Å². The molecule has 2 aliphatic rings. The van der Waals surface area contributed by atoms with Gasteiger partial charge in [-0.3, -0.25) is 14.5 Å². The number of methoxy groups -OCH3 is 2. The van der Waals surface area contributed by atoms with E-state index in [0.29, 0.717) is 44.2 Å². The van der Waals surface area contributed by atoms with Crippen LogP contribution in [-0.4, -0.2) is 92.5 Å². The van der Waals surface area contributed by atoms with E-state index in [1.807, 2.05) is 48.5 Å². The Morgan fingerprint density at radius 1 is 0.976 bits per heavy atom. The third-order valence-corrected chi connectivity index (χ3v) is 7.54. The molecule has 0 bridgehead atoms. The summed E-state index contributed by atoms with van der Waals surface area (Å²) in [5.74, 6) is 0.148. The number of hydrogen-bond acceptors (Lipinski definition) is 7. The summed E-state index contributed by atoms with van der Waals surface area (Å²) in [7, 11) is 3.21. The van der Waals surface area contributed by atoms with Crippen molar-refractivity contribution in [1.82, 2.24) is 14.8 Å². The minimum absolute atomic E-state index is 0.193. The van der Waals surface area contributed by atoms with Gasteiger partial charge in [0.25, 0.3) is 11.8 Å². The van der Waals surface area contributed by atoms with Crippen LogP contribution in [0.25, 0.3) is 0 Å². The minimum Gasteiger partial charge on any atom is -0.497 e. The molecule has 5 rings (SSSR count). The predicted octanol–water partition coefficient (Wildman–Crippen LogP) is 4.00. The number of hydrazone groups is 1. The van der Waals surface area contributed by atoms with Gasteiger partial charge >= 0.3 is 0 Å². The van der Waals surface area contributed by atoms with Crippen LogP contribution in [0.4, 0.5) is 4.39 Å². The average molecular weight is 575 g/mol. The molecule has 10 heteroatoms. The maximum Gasteiger partial charge on any atom is 0.262 e. The SMILES string of the molecule is COc1ccc([C@@H]2CC(c3cccc(OC)c3)=NN2C(=O)CN(CCN2CCOCC2)C(=O)c2cccc(F)c2)cc1. The van der Waals surface area contributed by atoms with Gasteiger partial charge in [0.15, 0.2) is 0 Å². The molecule has 220 valence electrons. The maximum atomic E-state index is 14.0. The first kappa shape index (κ1) is 29.2. The van der Waals surface area contributed by atoms with Crippen molar-refractivity contribution >= 4 is 17.5 Å². The quantitative estimate of drug-likeness (QED) is 0.364. The molecule has 2 heterocycles. The molecule has 2 amide bonds. The van der Waals surface area contributed by atoms with Crippen LogP contribution in [0.5, 0.6) is 11.5 Å². The Bertz CT molecular complexity index is 1420. The monoisotopic (exact) mass is 574 g/mol. The largest absolute Gasteiger partial charge is 0.497 e. The van der Waals surface area contributed by atoms with Crippen molar-refractivity contribution in [2.45, 2.75) is 12.5 Å². The smallest absolute Gasteiger partial charge is 0.262 e. The number of benzene rings is 3. The van der Waals surface area contributed by atoms with Crippen molar-refractivity contribution in [3.05, 3.63) is 95.3 Å². The Kier molecular flexibility index (Phi) is 9.45. The molecule has 0 N–H and O–H groups in total. The summed E-state index contributed by atoms with van der Waals surface area (Å²) in [5, 5.41) is 6.24. The molecule has 1 atom stereocenters. The van der Waals surface area contributed by atoms with Gasteiger partial charge in [0.2, 0.25) is 0 Å². The number of carbonyl (C=O) groups is 2. The van der Waals surface area contributed by atoms with Gasteiger partial charge in [0.1, 0.15) is 23.9 Å². The first-order chi connectivity index (χ1) is 20.4.